The summed E-state index contributed by atoms with van der Waals surface area (Å²) < 4.78 is 5.43. The van der Waals surface area contributed by atoms with E-state index < -0.39 is 5.41 Å². The van der Waals surface area contributed by atoms with E-state index in [1.54, 1.807) is 0 Å². The van der Waals surface area contributed by atoms with Gasteiger partial charge in [-0.3, -0.25) is 19.3 Å². The van der Waals surface area contributed by atoms with Crippen molar-refractivity contribution in [2.75, 3.05) is 19.7 Å². The topological polar surface area (TPSA) is 75.7 Å². The number of hydrogen-bond donors (Lipinski definition) is 1. The summed E-state index contributed by atoms with van der Waals surface area (Å²) in [7, 11) is 0. The van der Waals surface area contributed by atoms with Gasteiger partial charge < -0.3 is 10.1 Å². The predicted molar refractivity (Wildman–Crippen MR) is 74.2 cm³/mol. The third kappa shape index (κ3) is 2.81. The molecule has 3 amide bonds. The molecule has 1 N–H and O–H groups in total. The maximum Gasteiger partial charge on any atom is 0.240 e. The highest BCUT2D eigenvalue weighted by Gasteiger charge is 2.52. The normalized spacial score (nSPS) is 27.8. The van der Waals surface area contributed by atoms with Gasteiger partial charge in [-0.1, -0.05) is 12.8 Å². The molecule has 1 atom stereocenters. The van der Waals surface area contributed by atoms with Crippen molar-refractivity contribution >= 4 is 17.7 Å². The average Bonchev–Trinajstić information content (AvgIpc) is 3.16. The first-order valence-corrected chi connectivity index (χ1v) is 7.84. The molecule has 0 aromatic heterocycles. The van der Waals surface area contributed by atoms with E-state index in [9.17, 15) is 14.4 Å². The SMILES string of the molecule is O=C(CN1C(=O)CC2(CCCC2)C1=O)NCC1CCCO1. The minimum atomic E-state index is -0.494. The van der Waals surface area contributed by atoms with Gasteiger partial charge in [0.05, 0.1) is 11.5 Å². The summed E-state index contributed by atoms with van der Waals surface area (Å²) in [5.41, 5.74) is -0.494. The van der Waals surface area contributed by atoms with Gasteiger partial charge in [-0.25, -0.2) is 0 Å². The van der Waals surface area contributed by atoms with E-state index in [4.69, 9.17) is 4.74 Å². The number of nitrogens with zero attached hydrogens (tertiary/aromatic N) is 1. The highest BCUT2D eigenvalue weighted by Crippen LogP contribution is 2.46. The zero-order valence-electron chi connectivity index (χ0n) is 12.2. The van der Waals surface area contributed by atoms with E-state index in [1.807, 2.05) is 0 Å². The monoisotopic (exact) mass is 294 g/mol. The molecule has 2 aliphatic heterocycles. The summed E-state index contributed by atoms with van der Waals surface area (Å²) in [6.45, 7) is 1.05. The second-order valence-electron chi connectivity index (χ2n) is 6.39. The van der Waals surface area contributed by atoms with E-state index in [0.29, 0.717) is 6.54 Å². The Balaban J connectivity index is 1.53. The van der Waals surface area contributed by atoms with Crippen LogP contribution in [-0.4, -0.2) is 48.4 Å². The fraction of sp³-hybridized carbons (Fsp3) is 0.800. The van der Waals surface area contributed by atoms with Crippen molar-refractivity contribution in [1.29, 1.82) is 0 Å². The van der Waals surface area contributed by atoms with E-state index in [-0.39, 0.29) is 36.8 Å². The van der Waals surface area contributed by atoms with Gasteiger partial charge in [-0.15, -0.1) is 0 Å². The second kappa shape index (κ2) is 5.75. The number of carbonyl (C=O) groups is 3. The first kappa shape index (κ1) is 14.5. The van der Waals surface area contributed by atoms with Crippen LogP contribution in [0.3, 0.4) is 0 Å². The number of hydrogen-bond acceptors (Lipinski definition) is 4. The van der Waals surface area contributed by atoms with E-state index >= 15 is 0 Å². The molecule has 0 radical (unpaired) electrons. The zero-order valence-corrected chi connectivity index (χ0v) is 12.2. The Hall–Kier alpha value is -1.43. The van der Waals surface area contributed by atoms with Crippen LogP contribution in [-0.2, 0) is 19.1 Å². The lowest BCUT2D eigenvalue weighted by Crippen LogP contribution is -2.43. The van der Waals surface area contributed by atoms with Crippen LogP contribution in [0.25, 0.3) is 0 Å². The lowest BCUT2D eigenvalue weighted by molar-refractivity contribution is -0.144. The molecule has 6 heteroatoms. The molecule has 21 heavy (non-hydrogen) atoms. The lowest BCUT2D eigenvalue weighted by Gasteiger charge is -2.20. The molecule has 0 aromatic carbocycles. The number of imide groups is 1. The van der Waals surface area contributed by atoms with Crippen LogP contribution in [0.15, 0.2) is 0 Å². The molecule has 2 saturated heterocycles. The molecule has 1 unspecified atom stereocenters. The smallest absolute Gasteiger partial charge is 0.240 e. The molecule has 6 nitrogen and oxygen atoms in total. The second-order valence-corrected chi connectivity index (χ2v) is 6.39. The Bertz CT molecular complexity index is 451. The lowest BCUT2D eigenvalue weighted by atomic mass is 9.84. The molecule has 3 aliphatic rings. The maximum atomic E-state index is 12.4. The fourth-order valence-corrected chi connectivity index (χ4v) is 3.69. The van der Waals surface area contributed by atoms with Crippen LogP contribution in [0.2, 0.25) is 0 Å². The minimum absolute atomic E-state index is 0.0695. The Labute approximate surface area is 124 Å². The van der Waals surface area contributed by atoms with Crippen molar-refractivity contribution in [2.45, 2.75) is 51.0 Å². The van der Waals surface area contributed by atoms with Gasteiger partial charge in [-0.05, 0) is 25.7 Å². The quantitative estimate of drug-likeness (QED) is 0.770. The van der Waals surface area contributed by atoms with Crippen molar-refractivity contribution in [3.8, 4) is 0 Å². The molecular weight excluding hydrogens is 272 g/mol. The van der Waals surface area contributed by atoms with Crippen molar-refractivity contribution in [3.63, 3.8) is 0 Å². The Morgan fingerprint density at radius 2 is 2.05 bits per heavy atom. The summed E-state index contributed by atoms with van der Waals surface area (Å²) in [5, 5.41) is 2.76. The summed E-state index contributed by atoms with van der Waals surface area (Å²) in [5.74, 6) is -0.617. The van der Waals surface area contributed by atoms with Gasteiger partial charge in [-0.2, -0.15) is 0 Å². The highest BCUT2D eigenvalue weighted by molar-refractivity contribution is 6.08. The van der Waals surface area contributed by atoms with Gasteiger partial charge >= 0.3 is 0 Å². The van der Waals surface area contributed by atoms with Crippen LogP contribution in [0, 0.1) is 5.41 Å². The molecule has 1 saturated carbocycles. The molecule has 0 aromatic rings. The highest BCUT2D eigenvalue weighted by atomic mass is 16.5. The predicted octanol–water partition coefficient (Wildman–Crippen LogP) is 0.601. The molecule has 2 heterocycles. The van der Waals surface area contributed by atoms with E-state index in [2.05, 4.69) is 5.32 Å². The Morgan fingerprint density at radius 3 is 2.71 bits per heavy atom. The van der Waals surface area contributed by atoms with Gasteiger partial charge in [0.25, 0.3) is 0 Å². The third-order valence-electron chi connectivity index (χ3n) is 4.90. The number of ether oxygens (including phenoxy) is 1. The van der Waals surface area contributed by atoms with Crippen LogP contribution in [0.4, 0.5) is 0 Å². The van der Waals surface area contributed by atoms with Gasteiger partial charge in [0.2, 0.25) is 17.7 Å². The van der Waals surface area contributed by atoms with Crippen LogP contribution in [0.5, 0.6) is 0 Å². The zero-order chi connectivity index (χ0) is 14.9. The van der Waals surface area contributed by atoms with Crippen molar-refractivity contribution in [1.82, 2.24) is 10.2 Å². The summed E-state index contributed by atoms with van der Waals surface area (Å²) >= 11 is 0. The molecule has 1 spiro atoms. The molecule has 3 rings (SSSR count). The number of amides is 3. The summed E-state index contributed by atoms with van der Waals surface area (Å²) in [6, 6.07) is 0. The van der Waals surface area contributed by atoms with Crippen molar-refractivity contribution in [2.24, 2.45) is 5.41 Å². The molecule has 1 aliphatic carbocycles. The number of likely N-dealkylation sites (tertiary alicyclic amines) is 1. The largest absolute Gasteiger partial charge is 0.376 e. The number of rotatable bonds is 4. The van der Waals surface area contributed by atoms with Gasteiger partial charge in [0.1, 0.15) is 6.54 Å². The number of carbonyl (C=O) groups excluding carboxylic acids is 3. The summed E-state index contributed by atoms with van der Waals surface area (Å²) in [6.07, 6.45) is 5.88. The third-order valence-corrected chi connectivity index (χ3v) is 4.90. The maximum absolute atomic E-state index is 12.4. The van der Waals surface area contributed by atoms with Crippen molar-refractivity contribution in [3.05, 3.63) is 0 Å². The molecule has 116 valence electrons. The van der Waals surface area contributed by atoms with E-state index in [0.717, 1.165) is 50.0 Å². The van der Waals surface area contributed by atoms with Crippen LogP contribution in [0.1, 0.15) is 44.9 Å². The molecule has 3 fully saturated rings. The van der Waals surface area contributed by atoms with Crippen LogP contribution >= 0.6 is 0 Å². The van der Waals surface area contributed by atoms with Crippen LogP contribution < -0.4 is 5.32 Å². The van der Waals surface area contributed by atoms with E-state index in [1.165, 1.54) is 0 Å². The van der Waals surface area contributed by atoms with Gasteiger partial charge in [0, 0.05) is 19.6 Å². The first-order valence-electron chi connectivity index (χ1n) is 7.84. The van der Waals surface area contributed by atoms with Gasteiger partial charge in [0.15, 0.2) is 0 Å². The Kier molecular flexibility index (Phi) is 3.97. The minimum Gasteiger partial charge on any atom is -0.376 e. The first-order chi connectivity index (χ1) is 10.1. The Morgan fingerprint density at radius 1 is 1.29 bits per heavy atom. The molecule has 0 bridgehead atoms. The van der Waals surface area contributed by atoms with Crippen molar-refractivity contribution < 1.29 is 19.1 Å². The fourth-order valence-electron chi connectivity index (χ4n) is 3.69. The standard InChI is InChI=1S/C15H22N2O4/c18-12(16-9-11-4-3-7-21-11)10-17-13(19)8-15(14(17)20)5-1-2-6-15/h11H,1-10H2,(H,16,18). The number of nitrogens with one attached hydrogen (secondary N) is 1. The average molecular weight is 294 g/mol. The molecular formula is C15H22N2O4. The summed E-state index contributed by atoms with van der Waals surface area (Å²) in [4.78, 5) is 37.6.